The topological polar surface area (TPSA) is 12.0 Å². The molecule has 1 aliphatic rings. The summed E-state index contributed by atoms with van der Waals surface area (Å²) in [4.78, 5) is 0. The van der Waals surface area contributed by atoms with E-state index in [0.29, 0.717) is 0 Å². The highest BCUT2D eigenvalue weighted by atomic mass is 14.9. The van der Waals surface area contributed by atoms with Crippen molar-refractivity contribution in [1.82, 2.24) is 5.32 Å². The maximum atomic E-state index is 3.93. The first-order valence-electron chi connectivity index (χ1n) is 6.42. The molecule has 0 aliphatic heterocycles. The van der Waals surface area contributed by atoms with Crippen LogP contribution in [-0.4, -0.2) is 6.54 Å². The van der Waals surface area contributed by atoms with Gasteiger partial charge in [-0.2, -0.15) is 0 Å². The highest BCUT2D eigenvalue weighted by molar-refractivity contribution is 5.05. The van der Waals surface area contributed by atoms with Crippen LogP contribution in [0.1, 0.15) is 59.3 Å². The highest BCUT2D eigenvalue weighted by Gasteiger charge is 2.02. The lowest BCUT2D eigenvalue weighted by molar-refractivity contribution is 0.656. The Hall–Kier alpha value is -0.720. The summed E-state index contributed by atoms with van der Waals surface area (Å²) < 4.78 is 0. The van der Waals surface area contributed by atoms with Crippen LogP contribution < -0.4 is 5.32 Å². The van der Waals surface area contributed by atoms with Crippen LogP contribution in [0, 0.1) is 0 Å². The average Bonchev–Trinajstić information content (AvgIpc) is 2.33. The molecule has 0 spiro atoms. The van der Waals surface area contributed by atoms with Crippen LogP contribution in [0.3, 0.4) is 0 Å². The zero-order valence-corrected chi connectivity index (χ0v) is 10.7. The predicted octanol–water partition coefficient (Wildman–Crippen LogP) is 4.42. The molecule has 1 N–H and O–H groups in total. The minimum atomic E-state index is 1.04. The molecular weight excluding hydrogens is 182 g/mol. The third kappa shape index (κ3) is 7.24. The minimum Gasteiger partial charge on any atom is -0.389 e. The molecule has 0 fully saturated rings. The van der Waals surface area contributed by atoms with Crippen LogP contribution in [0.15, 0.2) is 23.9 Å². The normalized spacial score (nSPS) is 14.7. The van der Waals surface area contributed by atoms with Gasteiger partial charge in [0, 0.05) is 12.2 Å². The standard InChI is InChI=1S/C12H21N.C2H6/c1-3-11(2)13-10-9-12-7-5-4-6-8-12;1-2/h7,13H,2-6,8-10H2,1H3;1-2H3. The van der Waals surface area contributed by atoms with Gasteiger partial charge in [-0.05, 0) is 38.5 Å². The molecule has 0 bridgehead atoms. The van der Waals surface area contributed by atoms with Crippen molar-refractivity contribution in [2.75, 3.05) is 6.54 Å². The van der Waals surface area contributed by atoms with Gasteiger partial charge in [0.25, 0.3) is 0 Å². The second-order valence-corrected chi connectivity index (χ2v) is 3.74. The van der Waals surface area contributed by atoms with Gasteiger partial charge in [0.2, 0.25) is 0 Å². The maximum Gasteiger partial charge on any atom is 0.0181 e. The van der Waals surface area contributed by atoms with Gasteiger partial charge in [-0.15, -0.1) is 0 Å². The predicted molar refractivity (Wildman–Crippen MR) is 69.9 cm³/mol. The molecule has 0 saturated carbocycles. The Morgan fingerprint density at radius 3 is 2.67 bits per heavy atom. The van der Waals surface area contributed by atoms with Gasteiger partial charge < -0.3 is 5.32 Å². The number of hydrogen-bond acceptors (Lipinski definition) is 1. The fraction of sp³-hybridized carbons (Fsp3) is 0.714. The van der Waals surface area contributed by atoms with Crippen molar-refractivity contribution in [3.8, 4) is 0 Å². The van der Waals surface area contributed by atoms with Crippen LogP contribution in [0.4, 0.5) is 0 Å². The molecule has 0 unspecified atom stereocenters. The van der Waals surface area contributed by atoms with Crippen molar-refractivity contribution in [3.05, 3.63) is 23.9 Å². The third-order valence-corrected chi connectivity index (χ3v) is 2.63. The lowest BCUT2D eigenvalue weighted by Gasteiger charge is -2.13. The van der Waals surface area contributed by atoms with E-state index in [4.69, 9.17) is 0 Å². The zero-order valence-electron chi connectivity index (χ0n) is 10.7. The monoisotopic (exact) mass is 209 g/mol. The summed E-state index contributed by atoms with van der Waals surface area (Å²) in [5, 5.41) is 3.34. The summed E-state index contributed by atoms with van der Waals surface area (Å²) >= 11 is 0. The van der Waals surface area contributed by atoms with Crippen molar-refractivity contribution in [1.29, 1.82) is 0 Å². The Balaban J connectivity index is 0.000000921. The largest absolute Gasteiger partial charge is 0.389 e. The summed E-state index contributed by atoms with van der Waals surface area (Å²) in [7, 11) is 0. The highest BCUT2D eigenvalue weighted by Crippen LogP contribution is 2.19. The summed E-state index contributed by atoms with van der Waals surface area (Å²) in [6.07, 6.45) is 10.1. The molecule has 0 aromatic heterocycles. The molecule has 1 aliphatic carbocycles. The van der Waals surface area contributed by atoms with Crippen molar-refractivity contribution in [3.63, 3.8) is 0 Å². The summed E-state index contributed by atoms with van der Waals surface area (Å²) in [5.41, 5.74) is 2.80. The first-order valence-corrected chi connectivity index (χ1v) is 6.42. The number of allylic oxidation sites excluding steroid dienone is 2. The first kappa shape index (κ1) is 14.3. The zero-order chi connectivity index (χ0) is 11.5. The van der Waals surface area contributed by atoms with Gasteiger partial charge in [-0.25, -0.2) is 0 Å². The van der Waals surface area contributed by atoms with Crippen LogP contribution >= 0.6 is 0 Å². The fourth-order valence-corrected chi connectivity index (χ4v) is 1.66. The summed E-state index contributed by atoms with van der Waals surface area (Å²) in [6.45, 7) is 11.1. The van der Waals surface area contributed by atoms with Gasteiger partial charge in [-0.3, -0.25) is 0 Å². The molecule has 0 radical (unpaired) electrons. The maximum absolute atomic E-state index is 3.93. The Kier molecular flexibility index (Phi) is 9.35. The van der Waals surface area contributed by atoms with E-state index in [1.807, 2.05) is 13.8 Å². The summed E-state index contributed by atoms with van der Waals surface area (Å²) in [5.74, 6) is 0. The molecule has 0 amide bonds. The van der Waals surface area contributed by atoms with Crippen molar-refractivity contribution < 1.29 is 0 Å². The Morgan fingerprint density at radius 2 is 2.13 bits per heavy atom. The van der Waals surface area contributed by atoms with Gasteiger partial charge in [0.15, 0.2) is 0 Å². The van der Waals surface area contributed by atoms with Crippen molar-refractivity contribution in [2.45, 2.75) is 59.3 Å². The fourth-order valence-electron chi connectivity index (χ4n) is 1.66. The third-order valence-electron chi connectivity index (χ3n) is 2.63. The van der Waals surface area contributed by atoms with Crippen LogP contribution in [0.5, 0.6) is 0 Å². The molecule has 88 valence electrons. The molecule has 1 rings (SSSR count). The first-order chi connectivity index (χ1) is 7.33. The quantitative estimate of drug-likeness (QED) is 0.661. The molecule has 1 nitrogen and oxygen atoms in total. The lowest BCUT2D eigenvalue weighted by atomic mass is 9.97. The van der Waals surface area contributed by atoms with Gasteiger partial charge in [0.05, 0.1) is 0 Å². The van der Waals surface area contributed by atoms with E-state index in [2.05, 4.69) is 24.9 Å². The number of nitrogens with one attached hydrogen (secondary N) is 1. The van der Waals surface area contributed by atoms with Crippen LogP contribution in [0.2, 0.25) is 0 Å². The Morgan fingerprint density at radius 1 is 1.40 bits per heavy atom. The lowest BCUT2D eigenvalue weighted by Crippen LogP contribution is -2.14. The Bertz CT molecular complexity index is 192. The van der Waals surface area contributed by atoms with E-state index in [-0.39, 0.29) is 0 Å². The molecule has 0 heterocycles. The van der Waals surface area contributed by atoms with Crippen LogP contribution in [0.25, 0.3) is 0 Å². The molecule has 0 atom stereocenters. The van der Waals surface area contributed by atoms with Gasteiger partial charge in [0.1, 0.15) is 0 Å². The van der Waals surface area contributed by atoms with Crippen LogP contribution in [-0.2, 0) is 0 Å². The van der Waals surface area contributed by atoms with E-state index < -0.39 is 0 Å². The van der Waals surface area contributed by atoms with E-state index in [0.717, 1.165) is 18.7 Å². The minimum absolute atomic E-state index is 1.04. The van der Waals surface area contributed by atoms with Gasteiger partial charge >= 0.3 is 0 Å². The smallest absolute Gasteiger partial charge is 0.0181 e. The molecular formula is C14H27N. The van der Waals surface area contributed by atoms with E-state index in [1.165, 1.54) is 32.1 Å². The van der Waals surface area contributed by atoms with E-state index in [9.17, 15) is 0 Å². The van der Waals surface area contributed by atoms with Crippen molar-refractivity contribution >= 4 is 0 Å². The van der Waals surface area contributed by atoms with Crippen molar-refractivity contribution in [2.24, 2.45) is 0 Å². The Labute approximate surface area is 95.7 Å². The summed E-state index contributed by atoms with van der Waals surface area (Å²) in [6, 6.07) is 0. The van der Waals surface area contributed by atoms with E-state index in [1.54, 1.807) is 5.57 Å². The number of rotatable bonds is 5. The molecule has 0 aromatic carbocycles. The SMILES string of the molecule is C=C(CC)NCCC1=CCCCC1.CC. The second kappa shape index (κ2) is 9.82. The average molecular weight is 209 g/mol. The second-order valence-electron chi connectivity index (χ2n) is 3.74. The molecule has 0 saturated heterocycles. The van der Waals surface area contributed by atoms with E-state index >= 15 is 0 Å². The molecule has 15 heavy (non-hydrogen) atoms. The van der Waals surface area contributed by atoms with Gasteiger partial charge in [-0.1, -0.05) is 39.0 Å². The number of hydrogen-bond donors (Lipinski definition) is 1. The molecule has 1 heteroatoms. The molecule has 0 aromatic rings.